The highest BCUT2D eigenvalue weighted by molar-refractivity contribution is 5.96. The number of nitrogens with zero attached hydrogens (tertiary/aromatic N) is 2. The molecule has 5 rings (SSSR count). The number of nitrogens with one attached hydrogen (secondary N) is 1. The molecule has 1 saturated heterocycles. The Morgan fingerprint density at radius 1 is 1.15 bits per heavy atom. The van der Waals surface area contributed by atoms with Crippen LogP contribution in [-0.2, 0) is 17.6 Å². The van der Waals surface area contributed by atoms with Crippen LogP contribution in [0.5, 0.6) is 0 Å². The molecule has 10 heteroatoms. The van der Waals surface area contributed by atoms with Gasteiger partial charge in [-0.1, -0.05) is 0 Å². The molecule has 216 valence electrons. The highest BCUT2D eigenvalue weighted by Gasteiger charge is 2.42. The van der Waals surface area contributed by atoms with Gasteiger partial charge in [-0.2, -0.15) is 0 Å². The summed E-state index contributed by atoms with van der Waals surface area (Å²) in [6.45, 7) is 3.67. The van der Waals surface area contributed by atoms with Crippen LogP contribution in [0.1, 0.15) is 59.1 Å². The number of carbonyl (C=O) groups is 1. The maximum Gasteiger partial charge on any atom is 0.337 e. The van der Waals surface area contributed by atoms with E-state index in [4.69, 9.17) is 4.74 Å². The van der Waals surface area contributed by atoms with Gasteiger partial charge in [0.1, 0.15) is 11.6 Å². The predicted molar refractivity (Wildman–Crippen MR) is 143 cm³/mol. The normalized spacial score (nSPS) is 20.5. The van der Waals surface area contributed by atoms with Crippen LogP contribution in [0, 0.1) is 17.6 Å². The molecule has 1 fully saturated rings. The maximum atomic E-state index is 15.8. The van der Waals surface area contributed by atoms with E-state index in [9.17, 15) is 18.0 Å². The number of aromatic nitrogens is 1. The van der Waals surface area contributed by atoms with Crippen LogP contribution in [0.2, 0.25) is 0 Å². The molecule has 0 aliphatic carbocycles. The first-order valence-electron chi connectivity index (χ1n) is 13.6. The van der Waals surface area contributed by atoms with Crippen molar-refractivity contribution in [1.29, 1.82) is 0 Å². The molecule has 1 aromatic heterocycles. The summed E-state index contributed by atoms with van der Waals surface area (Å²) in [5, 5.41) is 0.692. The van der Waals surface area contributed by atoms with Gasteiger partial charge in [0.05, 0.1) is 31.9 Å². The molecule has 0 saturated carbocycles. The molecule has 40 heavy (non-hydrogen) atoms. The van der Waals surface area contributed by atoms with Gasteiger partial charge in [0.25, 0.3) is 5.92 Å². The average molecular weight is 564 g/mol. The number of hydrogen-bond donors (Lipinski definition) is 1. The van der Waals surface area contributed by atoms with E-state index in [0.29, 0.717) is 53.5 Å². The van der Waals surface area contributed by atoms with E-state index >= 15 is 8.78 Å². The van der Waals surface area contributed by atoms with Crippen molar-refractivity contribution in [3.05, 3.63) is 69.9 Å². The second-order valence-electron chi connectivity index (χ2n) is 11.3. The topological polar surface area (TPSA) is 48.6 Å². The molecule has 1 N–H and O–H groups in total. The molecular weight excluding hydrogens is 529 g/mol. The molecule has 0 radical (unpaired) electrons. The summed E-state index contributed by atoms with van der Waals surface area (Å²) in [6.07, 6.45) is 1.30. The summed E-state index contributed by atoms with van der Waals surface area (Å²) in [6, 6.07) is 5.97. The van der Waals surface area contributed by atoms with Crippen LogP contribution >= 0.6 is 0 Å². The van der Waals surface area contributed by atoms with Gasteiger partial charge in [0.2, 0.25) is 0 Å². The molecule has 0 bridgehead atoms. The van der Waals surface area contributed by atoms with Gasteiger partial charge in [0, 0.05) is 54.8 Å². The van der Waals surface area contributed by atoms with Crippen LogP contribution in [-0.4, -0.2) is 72.7 Å². The summed E-state index contributed by atoms with van der Waals surface area (Å²) < 4.78 is 77.7. The van der Waals surface area contributed by atoms with Crippen LogP contribution in [0.4, 0.5) is 22.0 Å². The van der Waals surface area contributed by atoms with Crippen molar-refractivity contribution < 1.29 is 31.5 Å². The molecule has 5 nitrogen and oxygen atoms in total. The first-order valence-corrected chi connectivity index (χ1v) is 13.6. The second kappa shape index (κ2) is 11.1. The zero-order chi connectivity index (χ0) is 28.8. The van der Waals surface area contributed by atoms with Gasteiger partial charge < -0.3 is 14.6 Å². The first kappa shape index (κ1) is 28.5. The number of H-pyrrole nitrogens is 1. The minimum absolute atomic E-state index is 0.221. The molecule has 3 aromatic rings. The van der Waals surface area contributed by atoms with Crippen molar-refractivity contribution in [3.63, 3.8) is 0 Å². The molecule has 0 amide bonds. The van der Waals surface area contributed by atoms with E-state index in [1.807, 2.05) is 0 Å². The van der Waals surface area contributed by atoms with E-state index in [-0.39, 0.29) is 18.2 Å². The SMILES string of the molecule is COC(=O)c1ccc2[nH]c3c(c2c1)CC(C)N(CC(C)(F)F)C3c1c(F)cc(CC2CN(CCCF)C2)cc1F. The summed E-state index contributed by atoms with van der Waals surface area (Å²) >= 11 is 0. The quantitative estimate of drug-likeness (QED) is 0.254. The lowest BCUT2D eigenvalue weighted by atomic mass is 9.86. The van der Waals surface area contributed by atoms with Crippen LogP contribution in [0.15, 0.2) is 30.3 Å². The van der Waals surface area contributed by atoms with Crippen molar-refractivity contribution in [2.45, 2.75) is 51.1 Å². The van der Waals surface area contributed by atoms with Gasteiger partial charge in [0.15, 0.2) is 0 Å². The molecule has 2 aliphatic heterocycles. The third-order valence-corrected chi connectivity index (χ3v) is 8.07. The zero-order valence-electron chi connectivity index (χ0n) is 22.9. The Morgan fingerprint density at radius 2 is 1.85 bits per heavy atom. The third kappa shape index (κ3) is 5.61. The number of likely N-dealkylation sites (tertiary alicyclic amines) is 1. The number of benzene rings is 2. The van der Waals surface area contributed by atoms with Gasteiger partial charge in [-0.25, -0.2) is 22.4 Å². The molecule has 2 unspecified atom stereocenters. The molecule has 2 aromatic carbocycles. The lowest BCUT2D eigenvalue weighted by molar-refractivity contribution is -0.0374. The fourth-order valence-corrected chi connectivity index (χ4v) is 6.30. The van der Waals surface area contributed by atoms with Gasteiger partial charge in [-0.3, -0.25) is 9.29 Å². The van der Waals surface area contributed by atoms with Crippen LogP contribution in [0.3, 0.4) is 0 Å². The van der Waals surface area contributed by atoms with E-state index < -0.39 is 42.2 Å². The van der Waals surface area contributed by atoms with Gasteiger partial charge in [-0.15, -0.1) is 0 Å². The Bertz CT molecular complexity index is 1370. The Labute approximate surface area is 230 Å². The number of alkyl halides is 3. The van der Waals surface area contributed by atoms with Crippen molar-refractivity contribution in [2.24, 2.45) is 5.92 Å². The lowest BCUT2D eigenvalue weighted by Gasteiger charge is -2.42. The van der Waals surface area contributed by atoms with Crippen molar-refractivity contribution in [2.75, 3.05) is 40.0 Å². The van der Waals surface area contributed by atoms with E-state index in [1.54, 1.807) is 25.1 Å². The number of rotatable bonds is 9. The van der Waals surface area contributed by atoms with Crippen molar-refractivity contribution in [3.8, 4) is 0 Å². The molecule has 0 spiro atoms. The van der Waals surface area contributed by atoms with Crippen LogP contribution < -0.4 is 0 Å². The summed E-state index contributed by atoms with van der Waals surface area (Å²) in [7, 11) is 1.28. The predicted octanol–water partition coefficient (Wildman–Crippen LogP) is 6.06. The number of methoxy groups -OCH3 is 1. The summed E-state index contributed by atoms with van der Waals surface area (Å²) in [5.41, 5.74) is 2.36. The molecule has 3 heterocycles. The molecule has 2 aliphatic rings. The standard InChI is InChI=1S/C30H34F5N3O2/c1-17-9-22-21-13-20(29(39)40-3)5-6-25(21)36-27(22)28(38(17)16-30(2,34)35)26-23(32)11-18(12-24(26)33)10-19-14-37(15-19)8-4-7-31/h5-6,11-13,17,19,28,36H,4,7-10,14-16H2,1-3H3. The number of halogens is 5. The number of hydrogen-bond acceptors (Lipinski definition) is 4. The van der Waals surface area contributed by atoms with Gasteiger partial charge >= 0.3 is 5.97 Å². The minimum Gasteiger partial charge on any atom is -0.465 e. The minimum atomic E-state index is -3.10. The first-order chi connectivity index (χ1) is 19.0. The fourth-order valence-electron chi connectivity index (χ4n) is 6.30. The number of fused-ring (bicyclic) bond motifs is 3. The van der Waals surface area contributed by atoms with Crippen molar-refractivity contribution >= 4 is 16.9 Å². The van der Waals surface area contributed by atoms with Crippen LogP contribution in [0.25, 0.3) is 10.9 Å². The highest BCUT2D eigenvalue weighted by atomic mass is 19.3. The fraction of sp³-hybridized carbons (Fsp3) is 0.500. The summed E-state index contributed by atoms with van der Waals surface area (Å²) in [4.78, 5) is 18.9. The molecular formula is C30H34F5N3O2. The van der Waals surface area contributed by atoms with E-state index in [1.165, 1.54) is 24.1 Å². The van der Waals surface area contributed by atoms with Crippen molar-refractivity contribution in [1.82, 2.24) is 14.8 Å². The van der Waals surface area contributed by atoms with E-state index in [2.05, 4.69) is 9.88 Å². The lowest BCUT2D eigenvalue weighted by Crippen LogP contribution is -2.48. The Kier molecular flexibility index (Phi) is 7.94. The Balaban J connectivity index is 1.53. The number of ether oxygens (including phenoxy) is 1. The Hall–Kier alpha value is -2.98. The molecule has 2 atom stereocenters. The third-order valence-electron chi connectivity index (χ3n) is 8.07. The zero-order valence-corrected chi connectivity index (χ0v) is 22.9. The monoisotopic (exact) mass is 563 g/mol. The number of aromatic amines is 1. The number of carbonyl (C=O) groups excluding carboxylic acids is 1. The average Bonchev–Trinajstić information content (AvgIpc) is 3.22. The highest BCUT2D eigenvalue weighted by Crippen LogP contribution is 2.44. The maximum absolute atomic E-state index is 15.8. The number of esters is 1. The summed E-state index contributed by atoms with van der Waals surface area (Å²) in [5.74, 6) is -4.97. The smallest absolute Gasteiger partial charge is 0.337 e. The van der Waals surface area contributed by atoms with Gasteiger partial charge in [-0.05, 0) is 73.6 Å². The largest absolute Gasteiger partial charge is 0.465 e. The second-order valence-corrected chi connectivity index (χ2v) is 11.3. The van der Waals surface area contributed by atoms with E-state index in [0.717, 1.165) is 25.6 Å². The Morgan fingerprint density at radius 3 is 2.48 bits per heavy atom.